The average molecular weight is 532 g/mol. The Kier molecular flexibility index (Phi) is 6.97. The van der Waals surface area contributed by atoms with Gasteiger partial charge in [-0.3, -0.25) is 9.48 Å². The standard InChI is InChI=1S/C25H24F3N5O3S/c1-36-19-4-3-16(20(10-19)25(26,27)28)12-33-21-5-2-15(8-17(21)11-30-33)9-22-23(35)31-24(37-22)32-7-6-29-18(13-32)14-34/h2-5,8-11,18,29,34H,6-7,12-14H2,1H3. The summed E-state index contributed by atoms with van der Waals surface area (Å²) in [7, 11) is 1.32. The van der Waals surface area contributed by atoms with Crippen LogP contribution in [-0.4, -0.2) is 70.3 Å². The number of amidine groups is 1. The van der Waals surface area contributed by atoms with Crippen molar-refractivity contribution in [1.82, 2.24) is 20.0 Å². The minimum Gasteiger partial charge on any atom is -0.497 e. The Morgan fingerprint density at radius 3 is 2.86 bits per heavy atom. The summed E-state index contributed by atoms with van der Waals surface area (Å²) in [6.45, 7) is 1.90. The number of hydrogen-bond donors (Lipinski definition) is 2. The van der Waals surface area contributed by atoms with Gasteiger partial charge in [-0.2, -0.15) is 23.3 Å². The lowest BCUT2D eigenvalue weighted by Crippen LogP contribution is -2.53. The van der Waals surface area contributed by atoms with Crippen LogP contribution in [0.3, 0.4) is 0 Å². The highest BCUT2D eigenvalue weighted by molar-refractivity contribution is 8.18. The molecule has 3 aromatic rings. The fourth-order valence-electron chi connectivity index (χ4n) is 4.37. The highest BCUT2D eigenvalue weighted by Crippen LogP contribution is 2.35. The number of halogens is 3. The second kappa shape index (κ2) is 10.2. The first kappa shape index (κ1) is 25.3. The van der Waals surface area contributed by atoms with E-state index in [2.05, 4.69) is 15.4 Å². The number of amides is 1. The van der Waals surface area contributed by atoms with E-state index in [4.69, 9.17) is 4.74 Å². The minimum absolute atomic E-state index is 0.00870. The molecule has 0 aliphatic carbocycles. The van der Waals surface area contributed by atoms with Gasteiger partial charge in [0.2, 0.25) is 0 Å². The van der Waals surface area contributed by atoms with Crippen LogP contribution in [0.5, 0.6) is 5.75 Å². The van der Waals surface area contributed by atoms with Gasteiger partial charge >= 0.3 is 6.18 Å². The molecule has 0 radical (unpaired) electrons. The first-order chi connectivity index (χ1) is 17.7. The van der Waals surface area contributed by atoms with E-state index in [0.29, 0.717) is 35.2 Å². The topological polar surface area (TPSA) is 92.0 Å². The summed E-state index contributed by atoms with van der Waals surface area (Å²) in [5.41, 5.74) is 0.746. The average Bonchev–Trinajstić information content (AvgIpc) is 3.46. The van der Waals surface area contributed by atoms with Crippen molar-refractivity contribution < 1.29 is 27.8 Å². The molecule has 37 heavy (non-hydrogen) atoms. The molecule has 0 spiro atoms. The highest BCUT2D eigenvalue weighted by Gasteiger charge is 2.34. The molecular weight excluding hydrogens is 507 g/mol. The van der Waals surface area contributed by atoms with Crippen molar-refractivity contribution in [3.8, 4) is 5.75 Å². The van der Waals surface area contributed by atoms with Gasteiger partial charge in [0.1, 0.15) is 5.75 Å². The molecule has 2 N–H and O–H groups in total. The number of aromatic nitrogens is 2. The molecule has 2 aliphatic rings. The van der Waals surface area contributed by atoms with Crippen molar-refractivity contribution in [1.29, 1.82) is 0 Å². The van der Waals surface area contributed by atoms with Crippen molar-refractivity contribution in [2.45, 2.75) is 18.8 Å². The molecule has 12 heteroatoms. The Morgan fingerprint density at radius 1 is 1.27 bits per heavy atom. The van der Waals surface area contributed by atoms with Crippen molar-refractivity contribution in [3.05, 3.63) is 64.2 Å². The van der Waals surface area contributed by atoms with E-state index in [1.807, 2.05) is 11.0 Å². The number of nitrogens with one attached hydrogen (secondary N) is 1. The van der Waals surface area contributed by atoms with Crippen LogP contribution in [0.25, 0.3) is 17.0 Å². The largest absolute Gasteiger partial charge is 0.497 e. The van der Waals surface area contributed by atoms with Crippen LogP contribution in [0, 0.1) is 0 Å². The summed E-state index contributed by atoms with van der Waals surface area (Å²) in [4.78, 5) is 19.2. The zero-order valence-corrected chi connectivity index (χ0v) is 20.6. The fourth-order valence-corrected chi connectivity index (χ4v) is 5.32. The molecular formula is C25H24F3N5O3S. The number of benzene rings is 2. The number of thioether (sulfide) groups is 1. The summed E-state index contributed by atoms with van der Waals surface area (Å²) in [5.74, 6) is -0.190. The number of piperazine rings is 1. The third kappa shape index (κ3) is 5.36. The van der Waals surface area contributed by atoms with E-state index in [0.717, 1.165) is 17.0 Å². The Balaban J connectivity index is 1.35. The smallest absolute Gasteiger partial charge is 0.416 e. The number of aliphatic hydroxyl groups excluding tert-OH is 1. The van der Waals surface area contributed by atoms with Gasteiger partial charge in [-0.05, 0) is 53.2 Å². The van der Waals surface area contributed by atoms with Crippen molar-refractivity contribution in [2.24, 2.45) is 4.99 Å². The van der Waals surface area contributed by atoms with E-state index >= 15 is 0 Å². The minimum atomic E-state index is -4.53. The van der Waals surface area contributed by atoms with Gasteiger partial charge in [-0.25, -0.2) is 0 Å². The van der Waals surface area contributed by atoms with Gasteiger partial charge in [0, 0.05) is 31.1 Å². The summed E-state index contributed by atoms with van der Waals surface area (Å²) in [6, 6.07) is 9.23. The number of rotatable bonds is 5. The van der Waals surface area contributed by atoms with E-state index in [9.17, 15) is 23.1 Å². The van der Waals surface area contributed by atoms with Crippen molar-refractivity contribution in [2.75, 3.05) is 33.4 Å². The molecule has 2 aromatic carbocycles. The van der Waals surface area contributed by atoms with E-state index in [1.54, 1.807) is 24.4 Å². The quantitative estimate of drug-likeness (QED) is 0.488. The zero-order valence-electron chi connectivity index (χ0n) is 19.8. The number of carbonyl (C=O) groups is 1. The predicted molar refractivity (Wildman–Crippen MR) is 135 cm³/mol. The Labute approximate surface area is 214 Å². The van der Waals surface area contributed by atoms with Crippen LogP contribution in [0.2, 0.25) is 0 Å². The van der Waals surface area contributed by atoms with Gasteiger partial charge in [-0.1, -0.05) is 12.1 Å². The predicted octanol–water partition coefficient (Wildman–Crippen LogP) is 3.35. The lowest BCUT2D eigenvalue weighted by Gasteiger charge is -2.33. The van der Waals surface area contributed by atoms with Crippen LogP contribution in [0.15, 0.2) is 52.5 Å². The van der Waals surface area contributed by atoms with Crippen LogP contribution in [0.1, 0.15) is 16.7 Å². The molecule has 1 atom stereocenters. The molecule has 8 nitrogen and oxygen atoms in total. The van der Waals surface area contributed by atoms with Gasteiger partial charge in [0.05, 0.1) is 42.4 Å². The number of ether oxygens (including phenoxy) is 1. The lowest BCUT2D eigenvalue weighted by atomic mass is 10.1. The molecule has 3 heterocycles. The van der Waals surface area contributed by atoms with Crippen LogP contribution in [-0.2, 0) is 17.5 Å². The second-order valence-corrected chi connectivity index (χ2v) is 9.74. The molecule has 1 amide bonds. The zero-order chi connectivity index (χ0) is 26.2. The number of fused-ring (bicyclic) bond motifs is 1. The third-order valence-corrected chi connectivity index (χ3v) is 7.31. The Bertz CT molecular complexity index is 1400. The number of nitrogens with zero attached hydrogens (tertiary/aromatic N) is 4. The maximum absolute atomic E-state index is 13.6. The highest BCUT2D eigenvalue weighted by atomic mass is 32.2. The molecule has 1 fully saturated rings. The van der Waals surface area contributed by atoms with Gasteiger partial charge in [0.25, 0.3) is 5.91 Å². The van der Waals surface area contributed by atoms with Crippen molar-refractivity contribution >= 4 is 39.8 Å². The number of carbonyl (C=O) groups excluding carboxylic acids is 1. The monoisotopic (exact) mass is 531 g/mol. The van der Waals surface area contributed by atoms with E-state index in [1.165, 1.54) is 35.7 Å². The normalized spacial score (nSPS) is 19.6. The number of alkyl halides is 3. The fraction of sp³-hybridized carbons (Fsp3) is 0.320. The second-order valence-electron chi connectivity index (χ2n) is 8.73. The van der Waals surface area contributed by atoms with Crippen molar-refractivity contribution in [3.63, 3.8) is 0 Å². The Morgan fingerprint density at radius 2 is 2.11 bits per heavy atom. The van der Waals surface area contributed by atoms with Gasteiger partial charge in [0.15, 0.2) is 5.17 Å². The van der Waals surface area contributed by atoms with E-state index < -0.39 is 11.7 Å². The lowest BCUT2D eigenvalue weighted by molar-refractivity contribution is -0.138. The molecule has 194 valence electrons. The van der Waals surface area contributed by atoms with Gasteiger partial charge in [-0.15, -0.1) is 0 Å². The maximum atomic E-state index is 13.6. The summed E-state index contributed by atoms with van der Waals surface area (Å²) >= 11 is 1.29. The Hall–Kier alpha value is -3.35. The first-order valence-electron chi connectivity index (χ1n) is 11.6. The molecule has 1 unspecified atom stereocenters. The summed E-state index contributed by atoms with van der Waals surface area (Å²) in [6.07, 6.45) is -1.19. The molecule has 5 rings (SSSR count). The summed E-state index contributed by atoms with van der Waals surface area (Å²) in [5, 5.41) is 18.3. The number of methoxy groups -OCH3 is 1. The SMILES string of the molecule is COc1ccc(Cn2ncc3cc(C=C4SC(N5CCNC(CO)C5)=NC4=O)ccc32)c(C(F)(F)F)c1. The molecule has 0 saturated carbocycles. The summed E-state index contributed by atoms with van der Waals surface area (Å²) < 4.78 is 47.3. The van der Waals surface area contributed by atoms with Crippen LogP contribution < -0.4 is 10.1 Å². The number of aliphatic hydroxyl groups is 1. The third-order valence-electron chi connectivity index (χ3n) is 6.26. The van der Waals surface area contributed by atoms with Gasteiger partial charge < -0.3 is 20.1 Å². The molecule has 0 bridgehead atoms. The molecule has 1 saturated heterocycles. The number of aliphatic imine (C=N–C) groups is 1. The van der Waals surface area contributed by atoms with Crippen LogP contribution in [0.4, 0.5) is 13.2 Å². The maximum Gasteiger partial charge on any atom is 0.416 e. The number of hydrogen-bond acceptors (Lipinski definition) is 7. The molecule has 1 aromatic heterocycles. The molecule has 2 aliphatic heterocycles. The van der Waals surface area contributed by atoms with E-state index in [-0.39, 0.29) is 36.4 Å². The first-order valence-corrected chi connectivity index (χ1v) is 12.4. The van der Waals surface area contributed by atoms with Crippen LogP contribution >= 0.6 is 11.8 Å².